The van der Waals surface area contributed by atoms with Crippen LogP contribution in [0.4, 0.5) is 32.0 Å². The molecular weight excluding hydrogens is 560 g/mol. The molecule has 1 N–H and O–H groups in total. The smallest absolute Gasteiger partial charge is 0.380 e. The monoisotopic (exact) mass is 581 g/mol. The third kappa shape index (κ3) is 5.04. The second-order valence-electron chi connectivity index (χ2n) is 9.63. The van der Waals surface area contributed by atoms with Crippen molar-refractivity contribution >= 4 is 38.0 Å². The van der Waals surface area contributed by atoms with Gasteiger partial charge >= 0.3 is 6.18 Å². The van der Waals surface area contributed by atoms with Crippen molar-refractivity contribution < 1.29 is 26.3 Å². The first-order valence-corrected chi connectivity index (χ1v) is 13.4. The molecule has 41 heavy (non-hydrogen) atoms. The first kappa shape index (κ1) is 26.9. The number of nitrogens with zero attached hydrogens (tertiary/aromatic N) is 2. The summed E-state index contributed by atoms with van der Waals surface area (Å²) in [5, 5.41) is 8.89. The van der Waals surface area contributed by atoms with E-state index in [2.05, 4.69) is 29.5 Å². The van der Waals surface area contributed by atoms with Gasteiger partial charge in [-0.3, -0.25) is 4.68 Å². The molecule has 0 amide bonds. The molecule has 6 rings (SSSR count). The summed E-state index contributed by atoms with van der Waals surface area (Å²) in [7, 11) is 0. The van der Waals surface area contributed by atoms with Gasteiger partial charge in [0.05, 0.1) is 17.8 Å². The van der Waals surface area contributed by atoms with E-state index in [9.17, 15) is 26.3 Å². The summed E-state index contributed by atoms with van der Waals surface area (Å²) in [6.07, 6.45) is -4.70. The van der Waals surface area contributed by atoms with Crippen LogP contribution in [0, 0.1) is 24.4 Å². The number of aryl methyl sites for hydroxylation is 1. The van der Waals surface area contributed by atoms with Gasteiger partial charge in [0.1, 0.15) is 23.0 Å². The predicted molar refractivity (Wildman–Crippen MR) is 149 cm³/mol. The number of benzene rings is 4. The molecule has 0 aliphatic rings. The Kier molecular flexibility index (Phi) is 6.73. The molecule has 0 unspecified atom stereocenters. The summed E-state index contributed by atoms with van der Waals surface area (Å²) in [4.78, 5) is 1.14. The number of nitrogens with one attached hydrogen (secondary N) is 1. The summed E-state index contributed by atoms with van der Waals surface area (Å²) < 4.78 is 86.6. The molecule has 0 atom stereocenters. The Morgan fingerprint density at radius 1 is 0.854 bits per heavy atom. The molecule has 0 aliphatic heterocycles. The number of aromatic nitrogens is 2. The molecule has 3 nitrogen and oxygen atoms in total. The van der Waals surface area contributed by atoms with Crippen LogP contribution in [0.3, 0.4) is 0 Å². The molecule has 208 valence electrons. The zero-order valence-electron chi connectivity index (χ0n) is 21.5. The van der Waals surface area contributed by atoms with Crippen LogP contribution in [0.1, 0.15) is 21.6 Å². The molecule has 0 bridgehead atoms. The van der Waals surface area contributed by atoms with Crippen LogP contribution in [0.25, 0.3) is 32.2 Å². The molecule has 0 fully saturated rings. The molecule has 0 saturated carbocycles. The third-order valence-electron chi connectivity index (χ3n) is 7.02. The van der Waals surface area contributed by atoms with Crippen LogP contribution in [-0.2, 0) is 19.3 Å². The minimum atomic E-state index is -4.70. The van der Waals surface area contributed by atoms with E-state index in [4.69, 9.17) is 0 Å². The van der Waals surface area contributed by atoms with Crippen molar-refractivity contribution in [3.63, 3.8) is 0 Å². The van der Waals surface area contributed by atoms with Crippen molar-refractivity contribution in [2.24, 2.45) is 0 Å². The molecule has 0 saturated heterocycles. The second-order valence-corrected chi connectivity index (χ2v) is 10.8. The Labute approximate surface area is 234 Å². The lowest BCUT2D eigenvalue weighted by molar-refractivity contribution is -0.136. The topological polar surface area (TPSA) is 29.9 Å². The van der Waals surface area contributed by atoms with Crippen LogP contribution in [0.15, 0.2) is 78.9 Å². The number of fused-ring (bicyclic) bond motifs is 2. The quantitative estimate of drug-likeness (QED) is 0.199. The van der Waals surface area contributed by atoms with Gasteiger partial charge in [0, 0.05) is 50.5 Å². The molecule has 2 heterocycles. The van der Waals surface area contributed by atoms with Crippen LogP contribution in [0.5, 0.6) is 0 Å². The first-order chi connectivity index (χ1) is 19.6. The average Bonchev–Trinajstić information content (AvgIpc) is 3.46. The van der Waals surface area contributed by atoms with Crippen LogP contribution >= 0.6 is 11.3 Å². The number of alkyl halides is 3. The zero-order valence-corrected chi connectivity index (χ0v) is 22.3. The van der Waals surface area contributed by atoms with Gasteiger partial charge in [0.2, 0.25) is 0 Å². The van der Waals surface area contributed by atoms with E-state index in [1.165, 1.54) is 27.8 Å². The Hall–Kier alpha value is -4.31. The van der Waals surface area contributed by atoms with Crippen molar-refractivity contribution in [3.05, 3.63) is 118 Å². The number of anilines is 1. The van der Waals surface area contributed by atoms with E-state index in [0.717, 1.165) is 15.6 Å². The predicted octanol–water partition coefficient (Wildman–Crippen LogP) is 9.32. The minimum absolute atomic E-state index is 0.167. The van der Waals surface area contributed by atoms with Gasteiger partial charge in [-0.15, -0.1) is 11.3 Å². The normalized spacial score (nSPS) is 12.0. The highest BCUT2D eigenvalue weighted by atomic mass is 32.1. The fraction of sp³-hybridized carbons (Fsp3) is 0.129. The molecule has 2 aromatic heterocycles. The Morgan fingerprint density at radius 3 is 2.29 bits per heavy atom. The lowest BCUT2D eigenvalue weighted by Crippen LogP contribution is -2.09. The fourth-order valence-corrected chi connectivity index (χ4v) is 6.18. The van der Waals surface area contributed by atoms with Crippen molar-refractivity contribution in [2.75, 3.05) is 5.32 Å². The van der Waals surface area contributed by atoms with E-state index in [1.807, 2.05) is 18.2 Å². The number of hydrogen-bond donors (Lipinski definition) is 1. The van der Waals surface area contributed by atoms with Crippen molar-refractivity contribution in [2.45, 2.75) is 26.2 Å². The van der Waals surface area contributed by atoms with Gasteiger partial charge in [-0.2, -0.15) is 18.3 Å². The van der Waals surface area contributed by atoms with Gasteiger partial charge in [-0.25, -0.2) is 13.2 Å². The van der Waals surface area contributed by atoms with E-state index in [-0.39, 0.29) is 16.6 Å². The van der Waals surface area contributed by atoms with E-state index >= 15 is 0 Å². The average molecular weight is 582 g/mol. The van der Waals surface area contributed by atoms with Crippen molar-refractivity contribution in [1.29, 1.82) is 0 Å². The van der Waals surface area contributed by atoms with Crippen molar-refractivity contribution in [3.8, 4) is 11.3 Å². The van der Waals surface area contributed by atoms with Gasteiger partial charge in [-0.05, 0) is 42.1 Å². The number of thiophene rings is 1. The van der Waals surface area contributed by atoms with Crippen LogP contribution < -0.4 is 5.32 Å². The van der Waals surface area contributed by atoms with Crippen LogP contribution in [-0.4, -0.2) is 9.78 Å². The third-order valence-corrected chi connectivity index (χ3v) is 8.29. The van der Waals surface area contributed by atoms with Gasteiger partial charge in [0.15, 0.2) is 0 Å². The van der Waals surface area contributed by atoms with Gasteiger partial charge in [-0.1, -0.05) is 42.5 Å². The summed E-state index contributed by atoms with van der Waals surface area (Å²) in [5.41, 5.74) is 0.779. The lowest BCUT2D eigenvalue weighted by atomic mass is 10.0. The maximum atomic E-state index is 14.6. The molecule has 10 heteroatoms. The van der Waals surface area contributed by atoms with E-state index in [1.54, 1.807) is 29.5 Å². The highest BCUT2D eigenvalue weighted by Gasteiger charge is 2.34. The summed E-state index contributed by atoms with van der Waals surface area (Å²) in [5.74, 6) is -3.40. The standard InChI is InChI=1S/C31H21F6N3S/c1-17-21-8-2-3-11-27(21)41-28(17)15-38-20-7-4-6-18(12-20)30-22-9-5-10-24(31(35,36)37)29(22)39-40(30)16-23-25(33)13-19(32)14-26(23)34/h2-14,38H,15-16H2,1H3. The van der Waals surface area contributed by atoms with E-state index < -0.39 is 41.3 Å². The molecule has 0 spiro atoms. The Morgan fingerprint density at radius 2 is 1.56 bits per heavy atom. The fourth-order valence-electron chi connectivity index (χ4n) is 5.03. The second kappa shape index (κ2) is 10.3. The summed E-state index contributed by atoms with van der Waals surface area (Å²) >= 11 is 1.68. The number of rotatable bonds is 6. The Balaban J connectivity index is 1.43. The summed E-state index contributed by atoms with van der Waals surface area (Å²) in [6.45, 7) is 2.04. The molecule has 4 aromatic carbocycles. The van der Waals surface area contributed by atoms with Gasteiger partial charge < -0.3 is 5.32 Å². The van der Waals surface area contributed by atoms with E-state index in [0.29, 0.717) is 29.9 Å². The SMILES string of the molecule is Cc1c(CNc2cccc(-c3c4cccc(C(F)(F)F)c4nn3Cc3c(F)cc(F)cc3F)c2)sc2ccccc12. The maximum Gasteiger partial charge on any atom is 0.418 e. The zero-order chi connectivity index (χ0) is 28.9. The highest BCUT2D eigenvalue weighted by Crippen LogP contribution is 2.39. The molecule has 6 aromatic rings. The van der Waals surface area contributed by atoms with Crippen LogP contribution in [0.2, 0.25) is 0 Å². The molecule has 0 aliphatic carbocycles. The maximum absolute atomic E-state index is 14.6. The van der Waals surface area contributed by atoms with Gasteiger partial charge in [0.25, 0.3) is 0 Å². The summed E-state index contributed by atoms with van der Waals surface area (Å²) in [6, 6.07) is 19.9. The van der Waals surface area contributed by atoms with Crippen molar-refractivity contribution in [1.82, 2.24) is 9.78 Å². The first-order valence-electron chi connectivity index (χ1n) is 12.6. The largest absolute Gasteiger partial charge is 0.418 e. The minimum Gasteiger partial charge on any atom is -0.380 e. The lowest BCUT2D eigenvalue weighted by Gasteiger charge is -2.12. The molecular formula is C31H21F6N3S. The number of hydrogen-bond acceptors (Lipinski definition) is 3. The molecule has 0 radical (unpaired) electrons. The number of halogens is 6. The highest BCUT2D eigenvalue weighted by molar-refractivity contribution is 7.19. The Bertz CT molecular complexity index is 1900.